The van der Waals surface area contributed by atoms with Gasteiger partial charge >= 0.3 is 0 Å². The number of rotatable bonds is 7. The van der Waals surface area contributed by atoms with Crippen LogP contribution < -0.4 is 5.32 Å². The third-order valence-corrected chi connectivity index (χ3v) is 3.47. The lowest BCUT2D eigenvalue weighted by Crippen LogP contribution is -2.32. The molecule has 1 N–H and O–H groups in total. The lowest BCUT2D eigenvalue weighted by atomic mass is 10.1. The molecule has 2 rings (SSSR count). The Morgan fingerprint density at radius 3 is 2.94 bits per heavy atom. The number of hydrogen-bond acceptors (Lipinski definition) is 2. The molecule has 1 unspecified atom stereocenters. The van der Waals surface area contributed by atoms with Crippen LogP contribution in [-0.2, 0) is 13.5 Å². The van der Waals surface area contributed by atoms with E-state index in [1.54, 1.807) is 0 Å². The van der Waals surface area contributed by atoms with Gasteiger partial charge in [0.2, 0.25) is 0 Å². The van der Waals surface area contributed by atoms with Gasteiger partial charge in [0.15, 0.2) is 0 Å². The van der Waals surface area contributed by atoms with Crippen molar-refractivity contribution in [3.8, 4) is 0 Å². The molecule has 16 heavy (non-hydrogen) atoms. The van der Waals surface area contributed by atoms with Crippen molar-refractivity contribution in [1.29, 1.82) is 0 Å². The Labute approximate surface area is 98.3 Å². The van der Waals surface area contributed by atoms with Gasteiger partial charge in [-0.3, -0.25) is 0 Å². The van der Waals surface area contributed by atoms with Crippen LogP contribution in [0.2, 0.25) is 0 Å². The molecule has 1 aliphatic carbocycles. The van der Waals surface area contributed by atoms with Crippen LogP contribution in [0.15, 0.2) is 12.4 Å². The molecular formula is C13H23N3. The first-order chi connectivity index (χ1) is 7.81. The van der Waals surface area contributed by atoms with E-state index in [4.69, 9.17) is 0 Å². The maximum Gasteiger partial charge on any atom is 0.109 e. The topological polar surface area (TPSA) is 29.9 Å². The van der Waals surface area contributed by atoms with Crippen LogP contribution in [-0.4, -0.2) is 22.1 Å². The second-order valence-electron chi connectivity index (χ2n) is 4.89. The monoisotopic (exact) mass is 221 g/mol. The predicted octanol–water partition coefficient (Wildman–Crippen LogP) is 2.13. The van der Waals surface area contributed by atoms with Crippen molar-refractivity contribution in [3.63, 3.8) is 0 Å². The number of hydrogen-bond donors (Lipinski definition) is 1. The highest BCUT2D eigenvalue weighted by Gasteiger charge is 2.29. The number of aromatic nitrogens is 2. The molecule has 0 aromatic carbocycles. The fraction of sp³-hybridized carbons (Fsp3) is 0.769. The zero-order chi connectivity index (χ0) is 11.4. The smallest absolute Gasteiger partial charge is 0.109 e. The Balaban J connectivity index is 1.71. The molecule has 0 spiro atoms. The summed E-state index contributed by atoms with van der Waals surface area (Å²) in [6.07, 6.45) is 10.4. The van der Waals surface area contributed by atoms with Crippen LogP contribution in [0, 0.1) is 5.92 Å². The standard InChI is InChI=1S/C13H23N3/c1-3-4-12(11-5-6-11)14-8-7-13-15-9-10-16(13)2/h9-12,14H,3-8H2,1-2H3. The van der Waals surface area contributed by atoms with Gasteiger partial charge < -0.3 is 9.88 Å². The number of nitrogens with zero attached hydrogens (tertiary/aromatic N) is 2. The van der Waals surface area contributed by atoms with Gasteiger partial charge in [-0.05, 0) is 25.2 Å². The van der Waals surface area contributed by atoms with Crippen LogP contribution in [0.1, 0.15) is 38.4 Å². The van der Waals surface area contributed by atoms with Crippen molar-refractivity contribution in [2.45, 2.75) is 45.1 Å². The van der Waals surface area contributed by atoms with E-state index in [1.807, 2.05) is 12.4 Å². The molecule has 0 amide bonds. The lowest BCUT2D eigenvalue weighted by Gasteiger charge is -2.17. The highest BCUT2D eigenvalue weighted by Crippen LogP contribution is 2.34. The minimum Gasteiger partial charge on any atom is -0.338 e. The molecule has 3 nitrogen and oxygen atoms in total. The summed E-state index contributed by atoms with van der Waals surface area (Å²) in [6, 6.07) is 0.755. The van der Waals surface area contributed by atoms with Gasteiger partial charge in [0.05, 0.1) is 0 Å². The summed E-state index contributed by atoms with van der Waals surface area (Å²) in [6.45, 7) is 3.34. The third kappa shape index (κ3) is 3.08. The molecule has 3 heteroatoms. The largest absolute Gasteiger partial charge is 0.338 e. The molecule has 1 fully saturated rings. The Morgan fingerprint density at radius 1 is 1.56 bits per heavy atom. The zero-order valence-electron chi connectivity index (χ0n) is 10.4. The number of imidazole rings is 1. The zero-order valence-corrected chi connectivity index (χ0v) is 10.4. The van der Waals surface area contributed by atoms with Crippen molar-refractivity contribution in [2.75, 3.05) is 6.54 Å². The summed E-state index contributed by atoms with van der Waals surface area (Å²) in [5, 5.41) is 3.69. The van der Waals surface area contributed by atoms with E-state index < -0.39 is 0 Å². The second-order valence-corrected chi connectivity index (χ2v) is 4.89. The molecule has 1 aromatic heterocycles. The van der Waals surface area contributed by atoms with Gasteiger partial charge in [-0.25, -0.2) is 4.98 Å². The third-order valence-electron chi connectivity index (χ3n) is 3.47. The van der Waals surface area contributed by atoms with Crippen molar-refractivity contribution in [2.24, 2.45) is 13.0 Å². The normalized spacial score (nSPS) is 17.6. The molecule has 1 heterocycles. The summed E-state index contributed by atoms with van der Waals surface area (Å²) in [7, 11) is 2.06. The van der Waals surface area contributed by atoms with E-state index in [0.717, 1.165) is 24.9 Å². The minimum absolute atomic E-state index is 0.755. The molecule has 1 aromatic rings. The van der Waals surface area contributed by atoms with E-state index in [1.165, 1.54) is 31.5 Å². The van der Waals surface area contributed by atoms with Gasteiger partial charge in [-0.15, -0.1) is 0 Å². The number of nitrogens with one attached hydrogen (secondary N) is 1. The minimum atomic E-state index is 0.755. The molecule has 0 bridgehead atoms. The Morgan fingerprint density at radius 2 is 2.38 bits per heavy atom. The lowest BCUT2D eigenvalue weighted by molar-refractivity contribution is 0.431. The fourth-order valence-corrected chi connectivity index (χ4v) is 2.32. The maximum atomic E-state index is 4.34. The molecular weight excluding hydrogens is 198 g/mol. The molecule has 1 atom stereocenters. The molecule has 1 saturated carbocycles. The average molecular weight is 221 g/mol. The van der Waals surface area contributed by atoms with Gasteiger partial charge in [0, 0.05) is 38.4 Å². The first-order valence-corrected chi connectivity index (χ1v) is 6.51. The predicted molar refractivity (Wildman–Crippen MR) is 66.3 cm³/mol. The quantitative estimate of drug-likeness (QED) is 0.764. The maximum absolute atomic E-state index is 4.34. The van der Waals surface area contributed by atoms with Crippen molar-refractivity contribution in [3.05, 3.63) is 18.2 Å². The van der Waals surface area contributed by atoms with Gasteiger partial charge in [-0.1, -0.05) is 13.3 Å². The molecule has 0 aliphatic heterocycles. The molecule has 0 radical (unpaired) electrons. The summed E-state index contributed by atoms with van der Waals surface area (Å²) in [4.78, 5) is 4.34. The summed E-state index contributed by atoms with van der Waals surface area (Å²) >= 11 is 0. The molecule has 0 saturated heterocycles. The van der Waals surface area contributed by atoms with Crippen molar-refractivity contribution < 1.29 is 0 Å². The molecule has 90 valence electrons. The summed E-state index contributed by atoms with van der Waals surface area (Å²) in [5.74, 6) is 2.14. The van der Waals surface area contributed by atoms with E-state index in [9.17, 15) is 0 Å². The van der Waals surface area contributed by atoms with Gasteiger partial charge in [-0.2, -0.15) is 0 Å². The highest BCUT2D eigenvalue weighted by atomic mass is 15.0. The van der Waals surface area contributed by atoms with Crippen molar-refractivity contribution in [1.82, 2.24) is 14.9 Å². The Hall–Kier alpha value is -0.830. The van der Waals surface area contributed by atoms with E-state index in [2.05, 4.69) is 28.8 Å². The highest BCUT2D eigenvalue weighted by molar-refractivity contribution is 4.93. The fourth-order valence-electron chi connectivity index (χ4n) is 2.32. The average Bonchev–Trinajstić information content (AvgIpc) is 3.03. The first kappa shape index (κ1) is 11.6. The molecule has 1 aliphatic rings. The first-order valence-electron chi connectivity index (χ1n) is 6.51. The second kappa shape index (κ2) is 5.48. The van der Waals surface area contributed by atoms with Crippen molar-refractivity contribution >= 4 is 0 Å². The van der Waals surface area contributed by atoms with E-state index in [-0.39, 0.29) is 0 Å². The Bertz CT molecular complexity index is 315. The van der Waals surface area contributed by atoms with Crippen LogP contribution >= 0.6 is 0 Å². The van der Waals surface area contributed by atoms with Gasteiger partial charge in [0.25, 0.3) is 0 Å². The van der Waals surface area contributed by atoms with E-state index >= 15 is 0 Å². The van der Waals surface area contributed by atoms with Crippen LogP contribution in [0.5, 0.6) is 0 Å². The number of aryl methyl sites for hydroxylation is 1. The van der Waals surface area contributed by atoms with Gasteiger partial charge in [0.1, 0.15) is 5.82 Å². The summed E-state index contributed by atoms with van der Waals surface area (Å²) in [5.41, 5.74) is 0. The Kier molecular flexibility index (Phi) is 3.99. The summed E-state index contributed by atoms with van der Waals surface area (Å²) < 4.78 is 2.10. The van der Waals surface area contributed by atoms with Crippen LogP contribution in [0.25, 0.3) is 0 Å². The SMILES string of the molecule is CCCC(NCCc1nccn1C)C1CC1. The van der Waals surface area contributed by atoms with Crippen LogP contribution in [0.4, 0.5) is 0 Å². The van der Waals surface area contributed by atoms with E-state index in [0.29, 0.717) is 0 Å². The van der Waals surface area contributed by atoms with Crippen LogP contribution in [0.3, 0.4) is 0 Å².